The first-order chi connectivity index (χ1) is 14.8. The van der Waals surface area contributed by atoms with Crippen molar-refractivity contribution in [1.29, 1.82) is 0 Å². The number of carbonyl (C=O) groups is 2. The van der Waals surface area contributed by atoms with Crippen LogP contribution in [0.25, 0.3) is 0 Å². The number of ether oxygens (including phenoxy) is 1. The highest BCUT2D eigenvalue weighted by Gasteiger charge is 2.24. The molecule has 1 atom stereocenters. The van der Waals surface area contributed by atoms with Crippen LogP contribution in [0.3, 0.4) is 0 Å². The number of nitrogen functional groups attached to an aromatic ring is 1. The smallest absolute Gasteiger partial charge is 0.408 e. The van der Waals surface area contributed by atoms with Gasteiger partial charge in [-0.2, -0.15) is 0 Å². The topological polar surface area (TPSA) is 187 Å². The Hall–Kier alpha value is -2.61. The van der Waals surface area contributed by atoms with Gasteiger partial charge in [0.1, 0.15) is 16.7 Å². The third-order valence-electron chi connectivity index (χ3n) is 3.78. The fourth-order valence-corrected chi connectivity index (χ4v) is 3.70. The molecule has 0 radical (unpaired) electrons. The summed E-state index contributed by atoms with van der Waals surface area (Å²) >= 11 is 6.70. The molecule has 1 aromatic rings. The second-order valence-corrected chi connectivity index (χ2v) is 9.39. The van der Waals surface area contributed by atoms with Crippen LogP contribution in [-0.2, 0) is 16.1 Å². The summed E-state index contributed by atoms with van der Waals surface area (Å²) in [6.45, 7) is 5.53. The number of nitrogens with one attached hydrogen (secondary N) is 3. The van der Waals surface area contributed by atoms with Gasteiger partial charge in [-0.15, -0.1) is 0 Å². The molecule has 0 aliphatic rings. The summed E-state index contributed by atoms with van der Waals surface area (Å²) in [4.78, 5) is 35.2. The number of hydrazone groups is 1. The number of amides is 2. The van der Waals surface area contributed by atoms with Crippen molar-refractivity contribution in [2.45, 2.75) is 51.8 Å². The molecule has 1 rings (SSSR count). The molecule has 0 saturated heterocycles. The maximum Gasteiger partial charge on any atom is 0.408 e. The SMILES string of the molecule is CC(C)(C)OC(=O)N[C@H](CCCN/C(N)=N\[N+](=O)[O-])C(=O)NCc1cc(Br)c(N)c(Br)c1. The van der Waals surface area contributed by atoms with Crippen LogP contribution >= 0.6 is 31.9 Å². The molecule has 0 aliphatic heterocycles. The van der Waals surface area contributed by atoms with E-state index in [1.165, 1.54) is 0 Å². The van der Waals surface area contributed by atoms with Crippen LogP contribution in [0.1, 0.15) is 39.2 Å². The van der Waals surface area contributed by atoms with Gasteiger partial charge in [-0.25, -0.2) is 14.9 Å². The number of nitrogens with zero attached hydrogens (tertiary/aromatic N) is 2. The zero-order valence-electron chi connectivity index (χ0n) is 17.9. The number of anilines is 1. The first kappa shape index (κ1) is 27.4. The van der Waals surface area contributed by atoms with Crippen LogP contribution in [0, 0.1) is 10.1 Å². The van der Waals surface area contributed by atoms with Crippen LogP contribution in [0.4, 0.5) is 10.5 Å². The van der Waals surface area contributed by atoms with Gasteiger partial charge < -0.3 is 32.2 Å². The fourth-order valence-electron chi connectivity index (χ4n) is 2.42. The number of rotatable bonds is 9. The van der Waals surface area contributed by atoms with Crippen molar-refractivity contribution in [3.05, 3.63) is 36.8 Å². The molecule has 14 heteroatoms. The Labute approximate surface area is 202 Å². The van der Waals surface area contributed by atoms with Gasteiger partial charge in [0.2, 0.25) is 5.91 Å². The van der Waals surface area contributed by atoms with Crippen molar-refractivity contribution in [2.75, 3.05) is 12.3 Å². The number of guanidine groups is 1. The Morgan fingerprint density at radius 3 is 2.38 bits per heavy atom. The summed E-state index contributed by atoms with van der Waals surface area (Å²) in [7, 11) is 0. The molecule has 0 heterocycles. The maximum absolute atomic E-state index is 12.7. The van der Waals surface area contributed by atoms with Crippen molar-refractivity contribution in [3.63, 3.8) is 0 Å². The van der Waals surface area contributed by atoms with Crippen molar-refractivity contribution in [3.8, 4) is 0 Å². The van der Waals surface area contributed by atoms with Gasteiger partial charge in [-0.05, 0) is 83.2 Å². The highest BCUT2D eigenvalue weighted by atomic mass is 79.9. The normalized spacial score (nSPS) is 12.6. The van der Waals surface area contributed by atoms with Gasteiger partial charge in [0.15, 0.2) is 5.03 Å². The number of halogens is 2. The lowest BCUT2D eigenvalue weighted by Crippen LogP contribution is -2.48. The molecule has 32 heavy (non-hydrogen) atoms. The molecule has 7 N–H and O–H groups in total. The van der Waals surface area contributed by atoms with Crippen LogP contribution in [0.2, 0.25) is 0 Å². The fraction of sp³-hybridized carbons (Fsp3) is 0.500. The van der Waals surface area contributed by atoms with Gasteiger partial charge >= 0.3 is 6.09 Å². The summed E-state index contributed by atoms with van der Waals surface area (Å²) in [6.07, 6.45) is -0.155. The molecule has 0 spiro atoms. The van der Waals surface area contributed by atoms with E-state index in [4.69, 9.17) is 16.2 Å². The largest absolute Gasteiger partial charge is 0.444 e. The number of nitro groups is 1. The molecule has 0 fully saturated rings. The lowest BCUT2D eigenvalue weighted by molar-refractivity contribution is -0.485. The zero-order chi connectivity index (χ0) is 24.5. The molecule has 2 amide bonds. The van der Waals surface area contributed by atoms with Crippen molar-refractivity contribution < 1.29 is 19.4 Å². The molecule has 178 valence electrons. The van der Waals surface area contributed by atoms with E-state index in [0.717, 1.165) is 5.56 Å². The van der Waals surface area contributed by atoms with Crippen molar-refractivity contribution in [1.82, 2.24) is 16.0 Å². The number of hydrogen-bond acceptors (Lipinski definition) is 6. The molecular weight excluding hydrogens is 554 g/mol. The van der Waals surface area contributed by atoms with Crippen molar-refractivity contribution in [2.24, 2.45) is 10.8 Å². The minimum absolute atomic E-state index is 0.198. The van der Waals surface area contributed by atoms with E-state index in [9.17, 15) is 19.7 Å². The summed E-state index contributed by atoms with van der Waals surface area (Å²) in [5, 5.41) is 20.2. The maximum atomic E-state index is 12.7. The van der Waals surface area contributed by atoms with E-state index in [1.54, 1.807) is 32.9 Å². The summed E-state index contributed by atoms with van der Waals surface area (Å²) < 4.78 is 6.59. The van der Waals surface area contributed by atoms with E-state index < -0.39 is 28.7 Å². The standard InChI is InChI=1S/C18H27Br2N7O5/c1-18(2,3)32-17(29)25-13(5-4-6-23-16(22)26-27(30)31)15(28)24-9-10-7-11(19)14(21)12(20)8-10/h7-8,13H,4-6,9,21H2,1-3H3,(H,24,28)(H,25,29)(H3,22,23,26)/t13-/m1/s1. The lowest BCUT2D eigenvalue weighted by Gasteiger charge is -2.23. The minimum atomic E-state index is -0.920. The predicted molar refractivity (Wildman–Crippen MR) is 127 cm³/mol. The highest BCUT2D eigenvalue weighted by Crippen LogP contribution is 2.29. The second kappa shape index (κ2) is 12.4. The molecule has 1 aromatic carbocycles. The zero-order valence-corrected chi connectivity index (χ0v) is 21.1. The Morgan fingerprint density at radius 1 is 1.25 bits per heavy atom. The molecule has 0 saturated carbocycles. The van der Waals surface area contributed by atoms with Gasteiger partial charge in [-0.3, -0.25) is 4.79 Å². The molecule has 0 aromatic heterocycles. The number of hydrogen-bond donors (Lipinski definition) is 5. The Bertz CT molecular complexity index is 851. The Morgan fingerprint density at radius 2 is 1.84 bits per heavy atom. The van der Waals surface area contributed by atoms with E-state index in [1.807, 2.05) is 0 Å². The molecule has 0 aliphatic carbocycles. The summed E-state index contributed by atoms with van der Waals surface area (Å²) in [5.74, 6) is -0.775. The minimum Gasteiger partial charge on any atom is -0.444 e. The quantitative estimate of drug-likeness (QED) is 0.0733. The Balaban J connectivity index is 2.76. The predicted octanol–water partition coefficient (Wildman–Crippen LogP) is 2.18. The number of nitrogens with two attached hydrogens (primary N) is 2. The molecule has 0 unspecified atom stereocenters. The first-order valence-electron chi connectivity index (χ1n) is 9.51. The third kappa shape index (κ3) is 10.6. The number of alkyl carbamates (subject to hydrolysis) is 1. The lowest BCUT2D eigenvalue weighted by atomic mass is 10.1. The molecule has 12 nitrogen and oxygen atoms in total. The average Bonchev–Trinajstić information content (AvgIpc) is 2.64. The second-order valence-electron chi connectivity index (χ2n) is 7.68. The van der Waals surface area contributed by atoms with Crippen LogP contribution < -0.4 is 27.4 Å². The number of benzene rings is 1. The average molecular weight is 581 g/mol. The van der Waals surface area contributed by atoms with Gasteiger partial charge in [-0.1, -0.05) is 0 Å². The van der Waals surface area contributed by atoms with Gasteiger partial charge in [0.05, 0.1) is 5.69 Å². The van der Waals surface area contributed by atoms with Gasteiger partial charge in [0, 0.05) is 22.0 Å². The Kier molecular flexibility index (Phi) is 10.7. The third-order valence-corrected chi connectivity index (χ3v) is 5.09. The van der Waals surface area contributed by atoms with Crippen LogP contribution in [0.15, 0.2) is 26.2 Å². The summed E-state index contributed by atoms with van der Waals surface area (Å²) in [5.41, 5.74) is 11.8. The van der Waals surface area contributed by atoms with E-state index in [-0.39, 0.29) is 25.5 Å². The van der Waals surface area contributed by atoms with E-state index >= 15 is 0 Å². The summed E-state index contributed by atoms with van der Waals surface area (Å²) in [6, 6.07) is 2.65. The monoisotopic (exact) mass is 579 g/mol. The van der Waals surface area contributed by atoms with E-state index in [0.29, 0.717) is 21.1 Å². The van der Waals surface area contributed by atoms with Gasteiger partial charge in [0.25, 0.3) is 5.96 Å². The van der Waals surface area contributed by atoms with Crippen LogP contribution in [0.5, 0.6) is 0 Å². The highest BCUT2D eigenvalue weighted by molar-refractivity contribution is 9.11. The molecule has 0 bridgehead atoms. The van der Waals surface area contributed by atoms with Crippen molar-refractivity contribution >= 4 is 55.5 Å². The first-order valence-corrected chi connectivity index (χ1v) is 11.1. The van der Waals surface area contributed by atoms with Crippen LogP contribution in [-0.4, -0.2) is 41.2 Å². The van der Waals surface area contributed by atoms with E-state index in [2.05, 4.69) is 52.9 Å². The molecular formula is C18H27Br2N7O5. The number of carbonyl (C=O) groups excluding carboxylic acids is 2.